The number of nitro benzene ring substituents is 1. The number of carbonyl (C=O) groups excluding carboxylic acids is 2. The van der Waals surface area contributed by atoms with Crippen molar-refractivity contribution in [2.75, 3.05) is 11.9 Å². The van der Waals surface area contributed by atoms with Crippen LogP contribution in [0.2, 0.25) is 0 Å². The number of rotatable bonds is 9. The van der Waals surface area contributed by atoms with Gasteiger partial charge in [0.05, 0.1) is 18.0 Å². The summed E-state index contributed by atoms with van der Waals surface area (Å²) >= 11 is 0. The van der Waals surface area contributed by atoms with Gasteiger partial charge in [0.2, 0.25) is 5.91 Å². The van der Waals surface area contributed by atoms with E-state index in [-0.39, 0.29) is 24.4 Å². The van der Waals surface area contributed by atoms with Gasteiger partial charge in [-0.05, 0) is 30.5 Å². The number of hydrogen-bond donors (Lipinski definition) is 1. The minimum absolute atomic E-state index is 0.00545. The normalized spacial score (nSPS) is 10.2. The number of esters is 1. The number of ether oxygens (including phenoxy) is 1. The summed E-state index contributed by atoms with van der Waals surface area (Å²) in [7, 11) is 0. The molecule has 0 bridgehead atoms. The van der Waals surface area contributed by atoms with Crippen LogP contribution in [0.3, 0.4) is 0 Å². The predicted molar refractivity (Wildman–Crippen MR) is 96.7 cm³/mol. The SMILES string of the molecule is O=C(CCC(=O)OCCCc1ccccc1)Nc1ccc([N+](=O)[O-])cc1. The van der Waals surface area contributed by atoms with Crippen LogP contribution in [0.1, 0.15) is 24.8 Å². The van der Waals surface area contributed by atoms with Crippen LogP contribution in [0.5, 0.6) is 0 Å². The second kappa shape index (κ2) is 9.93. The molecule has 0 unspecified atom stereocenters. The van der Waals surface area contributed by atoms with Gasteiger partial charge in [-0.2, -0.15) is 0 Å². The number of nitrogens with zero attached hydrogens (tertiary/aromatic N) is 1. The topological polar surface area (TPSA) is 98.5 Å². The summed E-state index contributed by atoms with van der Waals surface area (Å²) in [5, 5.41) is 13.2. The molecule has 2 aromatic rings. The molecule has 0 aromatic heterocycles. The molecular weight excluding hydrogens is 336 g/mol. The van der Waals surface area contributed by atoms with Gasteiger partial charge in [0.1, 0.15) is 0 Å². The Morgan fingerprint density at radius 3 is 2.35 bits per heavy atom. The van der Waals surface area contributed by atoms with Crippen LogP contribution in [-0.2, 0) is 20.7 Å². The van der Waals surface area contributed by atoms with Crippen LogP contribution in [0.15, 0.2) is 54.6 Å². The molecule has 0 aliphatic rings. The number of benzene rings is 2. The first-order valence-electron chi connectivity index (χ1n) is 8.28. The summed E-state index contributed by atoms with van der Waals surface area (Å²) in [5.41, 5.74) is 1.57. The Morgan fingerprint density at radius 2 is 1.69 bits per heavy atom. The van der Waals surface area contributed by atoms with Crippen molar-refractivity contribution in [3.8, 4) is 0 Å². The molecule has 0 fully saturated rings. The monoisotopic (exact) mass is 356 g/mol. The van der Waals surface area contributed by atoms with Crippen molar-refractivity contribution in [2.45, 2.75) is 25.7 Å². The highest BCUT2D eigenvalue weighted by Gasteiger charge is 2.10. The lowest BCUT2D eigenvalue weighted by Gasteiger charge is -2.06. The van der Waals surface area contributed by atoms with Gasteiger partial charge in [0.15, 0.2) is 0 Å². The van der Waals surface area contributed by atoms with E-state index in [2.05, 4.69) is 5.32 Å². The zero-order chi connectivity index (χ0) is 18.8. The number of hydrogen-bond acceptors (Lipinski definition) is 5. The van der Waals surface area contributed by atoms with Crippen LogP contribution in [0, 0.1) is 10.1 Å². The Balaban J connectivity index is 1.62. The summed E-state index contributed by atoms with van der Waals surface area (Å²) in [4.78, 5) is 33.5. The van der Waals surface area contributed by atoms with Gasteiger partial charge in [0.25, 0.3) is 5.69 Å². The third kappa shape index (κ3) is 6.72. The maximum Gasteiger partial charge on any atom is 0.306 e. The van der Waals surface area contributed by atoms with Crippen molar-refractivity contribution in [3.05, 3.63) is 70.3 Å². The number of nitrogens with one attached hydrogen (secondary N) is 1. The average Bonchev–Trinajstić information content (AvgIpc) is 2.65. The molecule has 0 atom stereocenters. The van der Waals surface area contributed by atoms with Crippen molar-refractivity contribution in [1.29, 1.82) is 0 Å². The largest absolute Gasteiger partial charge is 0.466 e. The first-order chi connectivity index (χ1) is 12.5. The van der Waals surface area contributed by atoms with Gasteiger partial charge in [-0.1, -0.05) is 30.3 Å². The van der Waals surface area contributed by atoms with Crippen LogP contribution >= 0.6 is 0 Å². The second-order valence-electron chi connectivity index (χ2n) is 5.66. The van der Waals surface area contributed by atoms with Crippen molar-refractivity contribution in [1.82, 2.24) is 0 Å². The maximum atomic E-state index is 11.8. The van der Waals surface area contributed by atoms with Crippen molar-refractivity contribution in [3.63, 3.8) is 0 Å². The van der Waals surface area contributed by atoms with E-state index in [1.807, 2.05) is 30.3 Å². The average molecular weight is 356 g/mol. The van der Waals surface area contributed by atoms with Gasteiger partial charge in [-0.15, -0.1) is 0 Å². The summed E-state index contributed by atoms with van der Waals surface area (Å²) < 4.78 is 5.11. The number of non-ortho nitro benzene ring substituents is 1. The van der Waals surface area contributed by atoms with E-state index in [9.17, 15) is 19.7 Å². The standard InChI is InChI=1S/C19H20N2O5/c22-18(20-16-8-10-17(11-9-16)21(24)25)12-13-19(23)26-14-4-7-15-5-2-1-3-6-15/h1-3,5-6,8-11H,4,7,12-14H2,(H,20,22). The van der Waals surface area contributed by atoms with E-state index >= 15 is 0 Å². The minimum Gasteiger partial charge on any atom is -0.466 e. The first kappa shape index (κ1) is 19.1. The van der Waals surface area contributed by atoms with E-state index in [1.54, 1.807) is 0 Å². The summed E-state index contributed by atoms with van der Waals surface area (Å²) in [6, 6.07) is 15.4. The Hall–Kier alpha value is -3.22. The molecule has 0 saturated heterocycles. The summed E-state index contributed by atoms with van der Waals surface area (Å²) in [6.45, 7) is 0.317. The predicted octanol–water partition coefficient (Wildman–Crippen LogP) is 3.49. The smallest absolute Gasteiger partial charge is 0.306 e. The Kier molecular flexibility index (Phi) is 7.30. The lowest BCUT2D eigenvalue weighted by molar-refractivity contribution is -0.384. The number of anilines is 1. The fourth-order valence-corrected chi connectivity index (χ4v) is 2.28. The first-order valence-corrected chi connectivity index (χ1v) is 8.28. The molecule has 136 valence electrons. The quantitative estimate of drug-likeness (QED) is 0.321. The van der Waals surface area contributed by atoms with Gasteiger partial charge in [-0.25, -0.2) is 0 Å². The van der Waals surface area contributed by atoms with Crippen LogP contribution in [0.25, 0.3) is 0 Å². The van der Waals surface area contributed by atoms with Crippen LogP contribution in [-0.4, -0.2) is 23.4 Å². The van der Waals surface area contributed by atoms with Crippen molar-refractivity contribution in [2.24, 2.45) is 0 Å². The van der Waals surface area contributed by atoms with E-state index in [0.717, 1.165) is 12.8 Å². The fourth-order valence-electron chi connectivity index (χ4n) is 2.28. The van der Waals surface area contributed by atoms with E-state index in [0.29, 0.717) is 12.3 Å². The highest BCUT2D eigenvalue weighted by atomic mass is 16.6. The Labute approximate surface area is 151 Å². The highest BCUT2D eigenvalue weighted by Crippen LogP contribution is 2.15. The molecule has 0 aliphatic heterocycles. The van der Waals surface area contributed by atoms with Crippen molar-refractivity contribution >= 4 is 23.3 Å². The molecule has 0 saturated carbocycles. The van der Waals surface area contributed by atoms with Gasteiger partial charge in [-0.3, -0.25) is 19.7 Å². The lowest BCUT2D eigenvalue weighted by Crippen LogP contribution is -2.15. The maximum absolute atomic E-state index is 11.8. The molecule has 0 heterocycles. The van der Waals surface area contributed by atoms with E-state index in [4.69, 9.17) is 4.74 Å². The highest BCUT2D eigenvalue weighted by molar-refractivity contribution is 5.92. The van der Waals surface area contributed by atoms with Gasteiger partial charge >= 0.3 is 5.97 Å². The zero-order valence-electron chi connectivity index (χ0n) is 14.2. The summed E-state index contributed by atoms with van der Waals surface area (Å²) in [5.74, 6) is -0.767. The molecule has 7 nitrogen and oxygen atoms in total. The molecular formula is C19H20N2O5. The minimum atomic E-state index is -0.514. The molecule has 1 amide bonds. The molecule has 2 rings (SSSR count). The molecule has 0 radical (unpaired) electrons. The second-order valence-corrected chi connectivity index (χ2v) is 5.66. The molecule has 0 aliphatic carbocycles. The van der Waals surface area contributed by atoms with Crippen molar-refractivity contribution < 1.29 is 19.2 Å². The van der Waals surface area contributed by atoms with Gasteiger partial charge < -0.3 is 10.1 Å². The number of nitro groups is 1. The number of aryl methyl sites for hydroxylation is 1. The molecule has 26 heavy (non-hydrogen) atoms. The molecule has 7 heteroatoms. The molecule has 2 aromatic carbocycles. The number of amides is 1. The zero-order valence-corrected chi connectivity index (χ0v) is 14.2. The molecule has 0 spiro atoms. The Morgan fingerprint density at radius 1 is 1.00 bits per heavy atom. The third-order valence-electron chi connectivity index (χ3n) is 3.63. The molecule has 1 N–H and O–H groups in total. The summed E-state index contributed by atoms with van der Waals surface area (Å²) in [6.07, 6.45) is 1.54. The lowest BCUT2D eigenvalue weighted by atomic mass is 10.1. The van der Waals surface area contributed by atoms with E-state index < -0.39 is 10.9 Å². The van der Waals surface area contributed by atoms with E-state index in [1.165, 1.54) is 29.8 Å². The van der Waals surface area contributed by atoms with Crippen LogP contribution < -0.4 is 5.32 Å². The van der Waals surface area contributed by atoms with Crippen LogP contribution in [0.4, 0.5) is 11.4 Å². The fraction of sp³-hybridized carbons (Fsp3) is 0.263. The Bertz CT molecular complexity index is 744. The third-order valence-corrected chi connectivity index (χ3v) is 3.63. The number of carbonyl (C=O) groups is 2. The van der Waals surface area contributed by atoms with Gasteiger partial charge in [0, 0.05) is 24.2 Å².